The molecule has 5 N–H and O–H groups in total. The molecule has 0 saturated heterocycles. The summed E-state index contributed by atoms with van der Waals surface area (Å²) in [6.45, 7) is 4.47. The number of hydrogen-bond acceptors (Lipinski definition) is 4. The molecule has 76 valence electrons. The summed E-state index contributed by atoms with van der Waals surface area (Å²) in [4.78, 5) is 0. The SMILES string of the molecule is CC(CS(=O)(=O)[O-])C(C)(C)O.[NH4+]. The van der Waals surface area contributed by atoms with Crippen molar-refractivity contribution in [3.8, 4) is 0 Å². The molecule has 6 heteroatoms. The van der Waals surface area contributed by atoms with Crippen LogP contribution in [0.15, 0.2) is 0 Å². The van der Waals surface area contributed by atoms with E-state index in [0.29, 0.717) is 0 Å². The molecule has 0 radical (unpaired) electrons. The zero-order chi connectivity index (χ0) is 9.28. The lowest BCUT2D eigenvalue weighted by atomic mass is 9.95. The zero-order valence-corrected chi connectivity index (χ0v) is 8.68. The summed E-state index contributed by atoms with van der Waals surface area (Å²) in [6.07, 6.45) is 0. The molecule has 0 aromatic rings. The van der Waals surface area contributed by atoms with Gasteiger partial charge in [-0.1, -0.05) is 6.92 Å². The Morgan fingerprint density at radius 1 is 1.50 bits per heavy atom. The summed E-state index contributed by atoms with van der Waals surface area (Å²) < 4.78 is 30.7. The molecule has 0 bridgehead atoms. The summed E-state index contributed by atoms with van der Waals surface area (Å²) >= 11 is 0. The van der Waals surface area contributed by atoms with Gasteiger partial charge in [0.2, 0.25) is 0 Å². The van der Waals surface area contributed by atoms with Crippen LogP contribution in [0.4, 0.5) is 0 Å². The largest absolute Gasteiger partial charge is 0.748 e. The highest BCUT2D eigenvalue weighted by molar-refractivity contribution is 7.85. The molecule has 0 amide bonds. The Morgan fingerprint density at radius 3 is 1.92 bits per heavy atom. The van der Waals surface area contributed by atoms with Crippen LogP contribution in [0.25, 0.3) is 0 Å². The van der Waals surface area contributed by atoms with Crippen LogP contribution >= 0.6 is 0 Å². The standard InChI is InChI=1S/C6H14O4S.H3N/c1-5(6(2,3)7)4-11(8,9)10;/h5,7H,4H2,1-3H3,(H,8,9,10);1H3. The average Bonchev–Trinajstić information content (AvgIpc) is 1.56. The van der Waals surface area contributed by atoms with Crippen LogP contribution in [-0.2, 0) is 10.1 Å². The Morgan fingerprint density at radius 2 is 1.83 bits per heavy atom. The average molecular weight is 199 g/mol. The normalized spacial score (nSPS) is 15.1. The predicted octanol–water partition coefficient (Wildman–Crippen LogP) is 0.315. The van der Waals surface area contributed by atoms with Gasteiger partial charge in [-0.15, -0.1) is 0 Å². The fourth-order valence-corrected chi connectivity index (χ4v) is 1.53. The van der Waals surface area contributed by atoms with Crippen molar-refractivity contribution in [1.29, 1.82) is 0 Å². The molecule has 0 aromatic carbocycles. The minimum Gasteiger partial charge on any atom is -0.748 e. The van der Waals surface area contributed by atoms with Crippen molar-refractivity contribution in [3.63, 3.8) is 0 Å². The first-order chi connectivity index (χ1) is 4.63. The molecule has 0 heterocycles. The van der Waals surface area contributed by atoms with Gasteiger partial charge in [-0.05, 0) is 19.8 Å². The van der Waals surface area contributed by atoms with Crippen LogP contribution in [0.5, 0.6) is 0 Å². The summed E-state index contributed by atoms with van der Waals surface area (Å²) in [5.74, 6) is -1.05. The monoisotopic (exact) mass is 199 g/mol. The summed E-state index contributed by atoms with van der Waals surface area (Å²) in [6, 6.07) is 0. The van der Waals surface area contributed by atoms with Gasteiger partial charge in [0.25, 0.3) is 0 Å². The van der Waals surface area contributed by atoms with Crippen LogP contribution in [0.3, 0.4) is 0 Å². The smallest absolute Gasteiger partial charge is 0.0949 e. The van der Waals surface area contributed by atoms with Crippen LogP contribution in [0, 0.1) is 5.92 Å². The molecule has 0 aromatic heterocycles. The molecular weight excluding hydrogens is 182 g/mol. The Hall–Kier alpha value is -0.170. The minimum absolute atomic E-state index is 0. The molecule has 0 aliphatic rings. The van der Waals surface area contributed by atoms with E-state index in [2.05, 4.69) is 0 Å². The molecule has 12 heavy (non-hydrogen) atoms. The van der Waals surface area contributed by atoms with Crippen molar-refractivity contribution in [2.45, 2.75) is 26.4 Å². The van der Waals surface area contributed by atoms with Crippen LogP contribution in [0.1, 0.15) is 20.8 Å². The number of aliphatic hydroxyl groups is 1. The number of hydrogen-bond donors (Lipinski definition) is 2. The van der Waals surface area contributed by atoms with E-state index in [0.717, 1.165) is 0 Å². The van der Waals surface area contributed by atoms with E-state index in [9.17, 15) is 18.1 Å². The molecule has 0 fully saturated rings. The zero-order valence-electron chi connectivity index (χ0n) is 7.86. The Bertz CT molecular complexity index is 216. The lowest BCUT2D eigenvalue weighted by molar-refractivity contribution is 0.0333. The van der Waals surface area contributed by atoms with Crippen molar-refractivity contribution < 1.29 is 18.1 Å². The molecule has 0 saturated carbocycles. The number of quaternary nitrogens is 1. The second-order valence-corrected chi connectivity index (χ2v) is 4.73. The highest BCUT2D eigenvalue weighted by Gasteiger charge is 2.23. The molecule has 0 spiro atoms. The second-order valence-electron chi connectivity index (χ2n) is 3.28. The van der Waals surface area contributed by atoms with Crippen molar-refractivity contribution in [2.75, 3.05) is 5.75 Å². The maximum atomic E-state index is 10.2. The molecule has 0 aliphatic carbocycles. The van der Waals surface area contributed by atoms with E-state index in [-0.39, 0.29) is 6.15 Å². The Kier molecular flexibility index (Phi) is 5.00. The van der Waals surface area contributed by atoms with E-state index in [1.807, 2.05) is 0 Å². The molecule has 0 rings (SSSR count). The van der Waals surface area contributed by atoms with Gasteiger partial charge in [-0.25, -0.2) is 8.42 Å². The number of rotatable bonds is 3. The summed E-state index contributed by atoms with van der Waals surface area (Å²) in [5, 5.41) is 9.25. The summed E-state index contributed by atoms with van der Waals surface area (Å²) in [7, 11) is -4.22. The predicted molar refractivity (Wildman–Crippen MR) is 46.0 cm³/mol. The maximum Gasteiger partial charge on any atom is 0.0949 e. The van der Waals surface area contributed by atoms with E-state index in [1.54, 1.807) is 0 Å². The van der Waals surface area contributed by atoms with Crippen LogP contribution < -0.4 is 6.15 Å². The Labute approximate surface area is 73.1 Å². The van der Waals surface area contributed by atoms with Gasteiger partial charge in [0.1, 0.15) is 0 Å². The lowest BCUT2D eigenvalue weighted by Gasteiger charge is -2.26. The van der Waals surface area contributed by atoms with Crippen LogP contribution in [-0.4, -0.2) is 29.4 Å². The highest BCUT2D eigenvalue weighted by atomic mass is 32.2. The van der Waals surface area contributed by atoms with Gasteiger partial charge >= 0.3 is 0 Å². The highest BCUT2D eigenvalue weighted by Crippen LogP contribution is 2.16. The van der Waals surface area contributed by atoms with E-state index < -0.39 is 27.4 Å². The first kappa shape index (κ1) is 14.4. The Balaban J connectivity index is 0. The van der Waals surface area contributed by atoms with Gasteiger partial charge in [0.15, 0.2) is 0 Å². The molecule has 0 aliphatic heterocycles. The maximum absolute atomic E-state index is 10.2. The van der Waals surface area contributed by atoms with Crippen molar-refractivity contribution in [2.24, 2.45) is 5.92 Å². The van der Waals surface area contributed by atoms with Gasteiger partial charge in [-0.2, -0.15) is 0 Å². The first-order valence-electron chi connectivity index (χ1n) is 3.29. The van der Waals surface area contributed by atoms with E-state index in [1.165, 1.54) is 20.8 Å². The first-order valence-corrected chi connectivity index (χ1v) is 4.86. The molecule has 5 nitrogen and oxygen atoms in total. The minimum atomic E-state index is -4.22. The van der Waals surface area contributed by atoms with Gasteiger partial charge in [0, 0.05) is 5.75 Å². The fourth-order valence-electron chi connectivity index (χ4n) is 0.510. The second kappa shape index (κ2) is 4.18. The van der Waals surface area contributed by atoms with Crippen molar-refractivity contribution >= 4 is 10.1 Å². The quantitative estimate of drug-likeness (QED) is 0.637. The molecule has 1 atom stereocenters. The molecule has 1 unspecified atom stereocenters. The van der Waals surface area contributed by atoms with Gasteiger partial charge in [0.05, 0.1) is 15.7 Å². The molecular formula is C6H17NO4S. The van der Waals surface area contributed by atoms with E-state index in [4.69, 9.17) is 0 Å². The third-order valence-electron chi connectivity index (χ3n) is 1.66. The van der Waals surface area contributed by atoms with Crippen LogP contribution in [0.2, 0.25) is 0 Å². The third kappa shape index (κ3) is 6.53. The lowest BCUT2D eigenvalue weighted by Crippen LogP contribution is -2.33. The van der Waals surface area contributed by atoms with Crippen molar-refractivity contribution in [3.05, 3.63) is 0 Å². The topological polar surface area (TPSA) is 114 Å². The van der Waals surface area contributed by atoms with Crippen molar-refractivity contribution in [1.82, 2.24) is 6.15 Å². The summed E-state index contributed by atoms with van der Waals surface area (Å²) in [5.41, 5.74) is -1.11. The van der Waals surface area contributed by atoms with Gasteiger partial charge < -0.3 is 15.8 Å². The van der Waals surface area contributed by atoms with Gasteiger partial charge in [-0.3, -0.25) is 0 Å². The van der Waals surface area contributed by atoms with E-state index >= 15 is 0 Å². The third-order valence-corrected chi connectivity index (χ3v) is 2.57. The fraction of sp³-hybridized carbons (Fsp3) is 1.00.